The molecular weight excluding hydrogens is 272 g/mol. The second kappa shape index (κ2) is 9.55. The Hall–Kier alpha value is -1.37. The van der Waals surface area contributed by atoms with E-state index in [1.165, 1.54) is 12.3 Å². The molecule has 0 aromatic carbocycles. The maximum Gasteiger partial charge on any atom is 0.223 e. The minimum absolute atomic E-state index is 0.00183. The number of aliphatic hydroxyl groups excluding tert-OH is 2. The SMILES string of the molecule is CCCCCn1cc(O)c(=O)cc1CN(CCO)CCO. The number of nitrogens with zero attached hydrogens (tertiary/aromatic N) is 2. The number of rotatable bonds is 10. The zero-order valence-electron chi connectivity index (χ0n) is 12.7. The standard InChI is InChI=1S/C15H26N2O4/c1-2-3-4-5-17-12-15(21)14(20)10-13(17)11-16(6-8-18)7-9-19/h10,12,18-19,21H,2-9,11H2,1H3. The lowest BCUT2D eigenvalue weighted by atomic mass is 10.2. The van der Waals surface area contributed by atoms with Crippen molar-refractivity contribution < 1.29 is 15.3 Å². The molecule has 120 valence electrons. The lowest BCUT2D eigenvalue weighted by molar-refractivity contribution is 0.153. The van der Waals surface area contributed by atoms with E-state index >= 15 is 0 Å². The van der Waals surface area contributed by atoms with Gasteiger partial charge in [0.1, 0.15) is 0 Å². The van der Waals surface area contributed by atoms with Crippen LogP contribution in [0.5, 0.6) is 5.75 Å². The maximum atomic E-state index is 11.6. The Morgan fingerprint density at radius 2 is 1.86 bits per heavy atom. The molecule has 3 N–H and O–H groups in total. The fourth-order valence-corrected chi connectivity index (χ4v) is 2.26. The topological polar surface area (TPSA) is 85.9 Å². The quantitative estimate of drug-likeness (QED) is 0.549. The monoisotopic (exact) mass is 298 g/mol. The van der Waals surface area contributed by atoms with Crippen LogP contribution in [0.3, 0.4) is 0 Å². The Bertz CT molecular complexity index is 467. The summed E-state index contributed by atoms with van der Waals surface area (Å²) in [7, 11) is 0. The van der Waals surface area contributed by atoms with Crippen molar-refractivity contribution in [3.8, 4) is 5.75 Å². The Morgan fingerprint density at radius 1 is 1.19 bits per heavy atom. The first-order valence-corrected chi connectivity index (χ1v) is 7.48. The molecule has 0 saturated carbocycles. The van der Waals surface area contributed by atoms with Crippen molar-refractivity contribution in [1.82, 2.24) is 9.47 Å². The van der Waals surface area contributed by atoms with Gasteiger partial charge in [0.15, 0.2) is 5.75 Å². The van der Waals surface area contributed by atoms with Gasteiger partial charge in [-0.2, -0.15) is 0 Å². The van der Waals surface area contributed by atoms with Crippen molar-refractivity contribution in [3.63, 3.8) is 0 Å². The fourth-order valence-electron chi connectivity index (χ4n) is 2.26. The predicted molar refractivity (Wildman–Crippen MR) is 81.3 cm³/mol. The van der Waals surface area contributed by atoms with Gasteiger partial charge >= 0.3 is 0 Å². The number of aromatic hydroxyl groups is 1. The number of aromatic nitrogens is 1. The van der Waals surface area contributed by atoms with E-state index in [9.17, 15) is 9.90 Å². The number of hydrogen-bond acceptors (Lipinski definition) is 5. The second-order valence-electron chi connectivity index (χ2n) is 5.14. The van der Waals surface area contributed by atoms with Crippen LogP contribution >= 0.6 is 0 Å². The highest BCUT2D eigenvalue weighted by atomic mass is 16.3. The van der Waals surface area contributed by atoms with Crippen LogP contribution in [0, 0.1) is 0 Å². The van der Waals surface area contributed by atoms with Crippen molar-refractivity contribution in [2.75, 3.05) is 26.3 Å². The average Bonchev–Trinajstić information content (AvgIpc) is 2.44. The molecule has 0 aliphatic carbocycles. The van der Waals surface area contributed by atoms with Gasteiger partial charge < -0.3 is 19.9 Å². The third-order valence-corrected chi connectivity index (χ3v) is 3.42. The summed E-state index contributed by atoms with van der Waals surface area (Å²) >= 11 is 0. The van der Waals surface area contributed by atoms with Crippen LogP contribution in [0.4, 0.5) is 0 Å². The van der Waals surface area contributed by atoms with E-state index < -0.39 is 5.43 Å². The molecule has 0 saturated heterocycles. The highest BCUT2D eigenvalue weighted by molar-refractivity contribution is 5.20. The maximum absolute atomic E-state index is 11.6. The van der Waals surface area contributed by atoms with E-state index in [-0.39, 0.29) is 19.0 Å². The number of aliphatic hydroxyl groups is 2. The molecule has 1 aromatic rings. The van der Waals surface area contributed by atoms with E-state index in [1.807, 2.05) is 9.47 Å². The van der Waals surface area contributed by atoms with Gasteiger partial charge in [0, 0.05) is 37.9 Å². The van der Waals surface area contributed by atoms with Crippen LogP contribution in [0.15, 0.2) is 17.1 Å². The minimum atomic E-state index is -0.398. The molecule has 0 aliphatic rings. The lowest BCUT2D eigenvalue weighted by Gasteiger charge is -2.23. The summed E-state index contributed by atoms with van der Waals surface area (Å²) in [5, 5.41) is 27.7. The molecular formula is C15H26N2O4. The molecule has 0 atom stereocenters. The second-order valence-corrected chi connectivity index (χ2v) is 5.14. The van der Waals surface area contributed by atoms with Crippen molar-refractivity contribution in [1.29, 1.82) is 0 Å². The van der Waals surface area contributed by atoms with Gasteiger partial charge in [-0.25, -0.2) is 0 Å². The van der Waals surface area contributed by atoms with Gasteiger partial charge in [-0.1, -0.05) is 19.8 Å². The molecule has 0 fully saturated rings. The fraction of sp³-hybridized carbons (Fsp3) is 0.667. The minimum Gasteiger partial charge on any atom is -0.503 e. The molecule has 1 rings (SSSR count). The Balaban J connectivity index is 2.90. The third kappa shape index (κ3) is 5.87. The van der Waals surface area contributed by atoms with Gasteiger partial charge in [0.2, 0.25) is 5.43 Å². The molecule has 1 heterocycles. The van der Waals surface area contributed by atoms with E-state index in [2.05, 4.69) is 6.92 Å². The smallest absolute Gasteiger partial charge is 0.223 e. The van der Waals surface area contributed by atoms with Gasteiger partial charge in [0.25, 0.3) is 0 Å². The van der Waals surface area contributed by atoms with E-state index in [0.29, 0.717) is 19.6 Å². The number of aryl methyl sites for hydroxylation is 1. The molecule has 0 amide bonds. The Morgan fingerprint density at radius 3 is 2.43 bits per heavy atom. The van der Waals surface area contributed by atoms with Crippen molar-refractivity contribution in [3.05, 3.63) is 28.2 Å². The van der Waals surface area contributed by atoms with E-state index in [1.54, 1.807) is 0 Å². The molecule has 0 unspecified atom stereocenters. The average molecular weight is 298 g/mol. The molecule has 0 aliphatic heterocycles. The first-order chi connectivity index (χ1) is 10.1. The molecule has 21 heavy (non-hydrogen) atoms. The lowest BCUT2D eigenvalue weighted by Crippen LogP contribution is -2.31. The van der Waals surface area contributed by atoms with Gasteiger partial charge in [0.05, 0.1) is 19.4 Å². The number of hydrogen-bond donors (Lipinski definition) is 3. The molecule has 6 nitrogen and oxygen atoms in total. The highest BCUT2D eigenvalue weighted by Crippen LogP contribution is 2.10. The summed E-state index contributed by atoms with van der Waals surface area (Å²) in [6, 6.07) is 1.43. The largest absolute Gasteiger partial charge is 0.503 e. The summed E-state index contributed by atoms with van der Waals surface area (Å²) in [6.45, 7) is 4.19. The molecule has 0 spiro atoms. The summed E-state index contributed by atoms with van der Waals surface area (Å²) in [4.78, 5) is 13.5. The molecule has 1 aromatic heterocycles. The van der Waals surface area contributed by atoms with Crippen LogP contribution in [0.1, 0.15) is 31.9 Å². The van der Waals surface area contributed by atoms with Gasteiger partial charge in [-0.05, 0) is 6.42 Å². The van der Waals surface area contributed by atoms with Crippen molar-refractivity contribution in [2.24, 2.45) is 0 Å². The Kier molecular flexibility index (Phi) is 8.04. The Labute approximate surface area is 125 Å². The van der Waals surface area contributed by atoms with Gasteiger partial charge in [-0.15, -0.1) is 0 Å². The zero-order chi connectivity index (χ0) is 15.7. The summed E-state index contributed by atoms with van der Waals surface area (Å²) in [5.41, 5.74) is 0.389. The highest BCUT2D eigenvalue weighted by Gasteiger charge is 2.10. The van der Waals surface area contributed by atoms with Crippen LogP contribution in [0.25, 0.3) is 0 Å². The van der Waals surface area contributed by atoms with Crippen LogP contribution in [0.2, 0.25) is 0 Å². The normalized spacial score (nSPS) is 11.2. The third-order valence-electron chi connectivity index (χ3n) is 3.42. The summed E-state index contributed by atoms with van der Waals surface area (Å²) in [5.74, 6) is -0.244. The van der Waals surface area contributed by atoms with Crippen molar-refractivity contribution >= 4 is 0 Å². The molecule has 0 radical (unpaired) electrons. The van der Waals surface area contributed by atoms with E-state index in [0.717, 1.165) is 31.5 Å². The number of unbranched alkanes of at least 4 members (excludes halogenated alkanes) is 2. The van der Waals surface area contributed by atoms with E-state index in [4.69, 9.17) is 10.2 Å². The van der Waals surface area contributed by atoms with Gasteiger partial charge in [-0.3, -0.25) is 9.69 Å². The summed E-state index contributed by atoms with van der Waals surface area (Å²) < 4.78 is 1.88. The van der Waals surface area contributed by atoms with Crippen LogP contribution in [-0.4, -0.2) is 51.1 Å². The first-order valence-electron chi connectivity index (χ1n) is 7.48. The number of pyridine rings is 1. The summed E-state index contributed by atoms with van der Waals surface area (Å²) in [6.07, 6.45) is 4.64. The van der Waals surface area contributed by atoms with Crippen molar-refractivity contribution in [2.45, 2.75) is 39.3 Å². The van der Waals surface area contributed by atoms with Crippen LogP contribution in [-0.2, 0) is 13.1 Å². The first kappa shape index (κ1) is 17.7. The molecule has 6 heteroatoms. The zero-order valence-corrected chi connectivity index (χ0v) is 12.7. The molecule has 0 bridgehead atoms. The van der Waals surface area contributed by atoms with Crippen LogP contribution < -0.4 is 5.43 Å². The predicted octanol–water partition coefficient (Wildman–Crippen LogP) is 0.531.